The van der Waals surface area contributed by atoms with Crippen molar-refractivity contribution < 1.29 is 22.3 Å². The largest absolute Gasteiger partial charge is 0.488 e. The summed E-state index contributed by atoms with van der Waals surface area (Å²) in [5.41, 5.74) is 4.13. The van der Waals surface area contributed by atoms with E-state index in [-0.39, 0.29) is 12.4 Å². The summed E-state index contributed by atoms with van der Waals surface area (Å²) < 4.78 is 55.9. The zero-order valence-electron chi connectivity index (χ0n) is 10.2. The van der Waals surface area contributed by atoms with Gasteiger partial charge in [-0.2, -0.15) is 13.2 Å². The van der Waals surface area contributed by atoms with Gasteiger partial charge < -0.3 is 10.5 Å². The molecular formula is C13H11F4NOS. The molecule has 1 aromatic heterocycles. The molecule has 1 aromatic carbocycles. The Kier molecular flexibility index (Phi) is 4.29. The molecule has 0 spiro atoms. The Morgan fingerprint density at radius 2 is 1.80 bits per heavy atom. The molecule has 0 saturated carbocycles. The van der Waals surface area contributed by atoms with E-state index in [4.69, 9.17) is 10.5 Å². The smallest absolute Gasteiger partial charge is 0.419 e. The second kappa shape index (κ2) is 5.80. The van der Waals surface area contributed by atoms with Gasteiger partial charge in [0.15, 0.2) is 0 Å². The van der Waals surface area contributed by atoms with Gasteiger partial charge in [0.25, 0.3) is 0 Å². The second-order valence-electron chi connectivity index (χ2n) is 4.00. The van der Waals surface area contributed by atoms with Crippen LogP contribution in [0.3, 0.4) is 0 Å². The summed E-state index contributed by atoms with van der Waals surface area (Å²) in [5, 5.41) is 0. The second-order valence-corrected chi connectivity index (χ2v) is 5.25. The van der Waals surface area contributed by atoms with Crippen molar-refractivity contribution in [1.82, 2.24) is 0 Å². The van der Waals surface area contributed by atoms with E-state index < -0.39 is 17.6 Å². The van der Waals surface area contributed by atoms with Gasteiger partial charge in [0.1, 0.15) is 18.2 Å². The molecule has 2 N–H and O–H groups in total. The molecule has 0 atom stereocenters. The lowest BCUT2D eigenvalue weighted by molar-refractivity contribution is -0.140. The molecule has 0 aliphatic carbocycles. The number of benzene rings is 1. The Morgan fingerprint density at radius 3 is 2.40 bits per heavy atom. The van der Waals surface area contributed by atoms with Crippen LogP contribution in [0.5, 0.6) is 5.75 Å². The van der Waals surface area contributed by atoms with Crippen molar-refractivity contribution in [3.63, 3.8) is 0 Å². The maximum atomic E-state index is 13.1. The van der Waals surface area contributed by atoms with E-state index in [1.807, 2.05) is 6.07 Å². The Balaban J connectivity index is 2.10. The van der Waals surface area contributed by atoms with Gasteiger partial charge in [-0.05, 0) is 30.3 Å². The highest BCUT2D eigenvalue weighted by atomic mass is 32.1. The van der Waals surface area contributed by atoms with Gasteiger partial charge in [-0.25, -0.2) is 4.39 Å². The van der Waals surface area contributed by atoms with E-state index in [0.29, 0.717) is 12.6 Å². The first-order valence-electron chi connectivity index (χ1n) is 5.67. The SMILES string of the molecule is NCc1ccc(COc2ccc(F)c(C(F)(F)F)c2)s1. The molecule has 108 valence electrons. The van der Waals surface area contributed by atoms with Crippen molar-refractivity contribution in [2.45, 2.75) is 19.3 Å². The molecule has 2 nitrogen and oxygen atoms in total. The Bertz CT molecular complexity index is 594. The molecule has 0 fully saturated rings. The lowest BCUT2D eigenvalue weighted by Gasteiger charge is -2.10. The van der Waals surface area contributed by atoms with E-state index in [9.17, 15) is 17.6 Å². The van der Waals surface area contributed by atoms with Crippen LogP contribution < -0.4 is 10.5 Å². The number of thiophene rings is 1. The minimum atomic E-state index is -4.74. The molecule has 20 heavy (non-hydrogen) atoms. The third-order valence-electron chi connectivity index (χ3n) is 2.54. The summed E-state index contributed by atoms with van der Waals surface area (Å²) in [5.74, 6) is -1.34. The summed E-state index contributed by atoms with van der Waals surface area (Å²) in [6.07, 6.45) is -4.74. The predicted octanol–water partition coefficient (Wildman–Crippen LogP) is 3.94. The number of alkyl halides is 3. The van der Waals surface area contributed by atoms with Crippen LogP contribution in [0.25, 0.3) is 0 Å². The minimum absolute atomic E-state index is 0.0265. The lowest BCUT2D eigenvalue weighted by Crippen LogP contribution is -2.08. The topological polar surface area (TPSA) is 35.2 Å². The van der Waals surface area contributed by atoms with Crippen molar-refractivity contribution in [3.8, 4) is 5.75 Å². The van der Waals surface area contributed by atoms with Gasteiger partial charge >= 0.3 is 6.18 Å². The van der Waals surface area contributed by atoms with E-state index >= 15 is 0 Å². The van der Waals surface area contributed by atoms with E-state index in [1.165, 1.54) is 17.4 Å². The van der Waals surface area contributed by atoms with Crippen molar-refractivity contribution in [3.05, 3.63) is 51.5 Å². The van der Waals surface area contributed by atoms with Crippen LogP contribution in [0.4, 0.5) is 17.6 Å². The molecule has 0 radical (unpaired) electrons. The standard InChI is InChI=1S/C13H11F4NOS/c14-12-4-1-8(5-11(12)13(15,16)17)19-7-10-3-2-9(6-18)20-10/h1-5H,6-7,18H2. The maximum Gasteiger partial charge on any atom is 0.419 e. The fraction of sp³-hybridized carbons (Fsp3) is 0.231. The first-order valence-corrected chi connectivity index (χ1v) is 6.49. The molecule has 0 bridgehead atoms. The third kappa shape index (κ3) is 3.49. The number of rotatable bonds is 4. The van der Waals surface area contributed by atoms with Crippen molar-refractivity contribution in [1.29, 1.82) is 0 Å². The Hall–Kier alpha value is -1.60. The normalized spacial score (nSPS) is 11.7. The molecule has 0 aliphatic heterocycles. The van der Waals surface area contributed by atoms with Crippen molar-refractivity contribution >= 4 is 11.3 Å². The summed E-state index contributed by atoms with van der Waals surface area (Å²) >= 11 is 1.42. The average molecular weight is 305 g/mol. The molecule has 2 rings (SSSR count). The first-order chi connectivity index (χ1) is 9.40. The van der Waals surface area contributed by atoms with Crippen molar-refractivity contribution in [2.24, 2.45) is 5.73 Å². The van der Waals surface area contributed by atoms with Gasteiger partial charge in [0.05, 0.1) is 5.56 Å². The van der Waals surface area contributed by atoms with Crippen LogP contribution in [0.15, 0.2) is 30.3 Å². The van der Waals surface area contributed by atoms with Crippen molar-refractivity contribution in [2.75, 3.05) is 0 Å². The predicted molar refractivity (Wildman–Crippen MR) is 67.9 cm³/mol. The third-order valence-corrected chi connectivity index (χ3v) is 3.62. The van der Waals surface area contributed by atoms with Gasteiger partial charge in [-0.3, -0.25) is 0 Å². The lowest BCUT2D eigenvalue weighted by atomic mass is 10.2. The number of halogens is 4. The van der Waals surface area contributed by atoms with Crippen LogP contribution >= 0.6 is 11.3 Å². The zero-order chi connectivity index (χ0) is 14.8. The molecule has 7 heteroatoms. The molecule has 0 aliphatic rings. The Morgan fingerprint density at radius 1 is 1.10 bits per heavy atom. The maximum absolute atomic E-state index is 13.1. The van der Waals surface area contributed by atoms with Gasteiger partial charge in [0, 0.05) is 16.3 Å². The first kappa shape index (κ1) is 14.8. The number of hydrogen-bond acceptors (Lipinski definition) is 3. The van der Waals surface area contributed by atoms with Gasteiger partial charge in [-0.1, -0.05) is 0 Å². The fourth-order valence-corrected chi connectivity index (χ4v) is 2.39. The van der Waals surface area contributed by atoms with Crippen LogP contribution in [-0.4, -0.2) is 0 Å². The summed E-state index contributed by atoms with van der Waals surface area (Å²) in [4.78, 5) is 1.79. The van der Waals surface area contributed by atoms with E-state index in [2.05, 4.69) is 0 Å². The van der Waals surface area contributed by atoms with Crippen LogP contribution in [0.2, 0.25) is 0 Å². The summed E-state index contributed by atoms with van der Waals surface area (Å²) in [7, 11) is 0. The monoisotopic (exact) mass is 305 g/mol. The molecular weight excluding hydrogens is 294 g/mol. The van der Waals surface area contributed by atoms with E-state index in [1.54, 1.807) is 6.07 Å². The summed E-state index contributed by atoms with van der Waals surface area (Å²) in [6.45, 7) is 0.521. The summed E-state index contributed by atoms with van der Waals surface area (Å²) in [6, 6.07) is 6.20. The zero-order valence-corrected chi connectivity index (χ0v) is 11.0. The van der Waals surface area contributed by atoms with E-state index in [0.717, 1.165) is 15.8 Å². The van der Waals surface area contributed by atoms with Crippen LogP contribution in [0.1, 0.15) is 15.3 Å². The molecule has 1 heterocycles. The number of nitrogens with two attached hydrogens (primary N) is 1. The van der Waals surface area contributed by atoms with Crippen LogP contribution in [-0.2, 0) is 19.3 Å². The quantitative estimate of drug-likeness (QED) is 0.868. The highest BCUT2D eigenvalue weighted by Crippen LogP contribution is 2.33. The molecule has 0 saturated heterocycles. The highest BCUT2D eigenvalue weighted by molar-refractivity contribution is 7.11. The highest BCUT2D eigenvalue weighted by Gasteiger charge is 2.34. The molecule has 0 amide bonds. The number of hydrogen-bond donors (Lipinski definition) is 1. The molecule has 2 aromatic rings. The average Bonchev–Trinajstić information content (AvgIpc) is 2.84. The van der Waals surface area contributed by atoms with Gasteiger partial charge in [-0.15, -0.1) is 11.3 Å². The Labute approximate surface area is 116 Å². The minimum Gasteiger partial charge on any atom is -0.488 e. The molecule has 0 unspecified atom stereocenters. The number of ether oxygens (including phenoxy) is 1. The van der Waals surface area contributed by atoms with Crippen LogP contribution in [0, 0.1) is 5.82 Å². The fourth-order valence-electron chi connectivity index (χ4n) is 1.58. The van der Waals surface area contributed by atoms with Gasteiger partial charge in [0.2, 0.25) is 0 Å².